The van der Waals surface area contributed by atoms with Crippen molar-refractivity contribution >= 4 is 5.69 Å². The molecule has 0 spiro atoms. The molecule has 2 N–H and O–H groups in total. The predicted octanol–water partition coefficient (Wildman–Crippen LogP) is 2.56. The SMILES string of the molecule is Nc1cc(F)c(OCCc2cccnc2)cc1F. The van der Waals surface area contributed by atoms with E-state index in [0.29, 0.717) is 6.42 Å². The fourth-order valence-electron chi connectivity index (χ4n) is 1.48. The maximum absolute atomic E-state index is 13.4. The molecule has 0 saturated carbocycles. The monoisotopic (exact) mass is 250 g/mol. The van der Waals surface area contributed by atoms with Crippen LogP contribution in [0.1, 0.15) is 5.56 Å². The van der Waals surface area contributed by atoms with Crippen molar-refractivity contribution in [2.24, 2.45) is 0 Å². The standard InChI is InChI=1S/C13H12F2N2O/c14-10-7-13(11(15)6-12(10)16)18-5-3-9-2-1-4-17-8-9/h1-2,4,6-8H,3,5,16H2. The molecule has 0 atom stereocenters. The summed E-state index contributed by atoms with van der Waals surface area (Å²) in [6.45, 7) is 0.242. The Hall–Kier alpha value is -2.17. The fourth-order valence-corrected chi connectivity index (χ4v) is 1.48. The first kappa shape index (κ1) is 12.3. The number of anilines is 1. The second-order valence-corrected chi connectivity index (χ2v) is 3.76. The van der Waals surface area contributed by atoms with Gasteiger partial charge in [0.15, 0.2) is 11.6 Å². The summed E-state index contributed by atoms with van der Waals surface area (Å²) < 4.78 is 31.7. The highest BCUT2D eigenvalue weighted by atomic mass is 19.1. The van der Waals surface area contributed by atoms with Crippen LogP contribution in [-0.4, -0.2) is 11.6 Å². The van der Waals surface area contributed by atoms with Crippen LogP contribution in [0.2, 0.25) is 0 Å². The Kier molecular flexibility index (Phi) is 3.72. The van der Waals surface area contributed by atoms with Crippen molar-refractivity contribution in [1.29, 1.82) is 0 Å². The predicted molar refractivity (Wildman–Crippen MR) is 64.2 cm³/mol. The van der Waals surface area contributed by atoms with Gasteiger partial charge < -0.3 is 10.5 Å². The van der Waals surface area contributed by atoms with Gasteiger partial charge in [-0.25, -0.2) is 8.78 Å². The molecule has 0 amide bonds. The molecular formula is C13H12F2N2O. The van der Waals surface area contributed by atoms with Crippen LogP contribution in [0.3, 0.4) is 0 Å². The number of benzene rings is 1. The molecule has 1 heterocycles. The van der Waals surface area contributed by atoms with Gasteiger partial charge in [0.2, 0.25) is 0 Å². The lowest BCUT2D eigenvalue weighted by Crippen LogP contribution is -2.04. The molecule has 0 fully saturated rings. The fraction of sp³-hybridized carbons (Fsp3) is 0.154. The summed E-state index contributed by atoms with van der Waals surface area (Å²) in [6, 6.07) is 5.55. The summed E-state index contributed by atoms with van der Waals surface area (Å²) in [7, 11) is 0. The van der Waals surface area contributed by atoms with E-state index in [1.807, 2.05) is 6.07 Å². The van der Waals surface area contributed by atoms with E-state index < -0.39 is 11.6 Å². The highest BCUT2D eigenvalue weighted by Gasteiger charge is 2.08. The lowest BCUT2D eigenvalue weighted by atomic mass is 10.2. The highest BCUT2D eigenvalue weighted by molar-refractivity contribution is 5.44. The number of nitrogens with two attached hydrogens (primary N) is 1. The zero-order valence-electron chi connectivity index (χ0n) is 9.57. The quantitative estimate of drug-likeness (QED) is 0.848. The van der Waals surface area contributed by atoms with Crippen molar-refractivity contribution in [3.05, 3.63) is 53.9 Å². The van der Waals surface area contributed by atoms with Gasteiger partial charge in [-0.1, -0.05) is 6.07 Å². The van der Waals surface area contributed by atoms with E-state index in [9.17, 15) is 8.78 Å². The lowest BCUT2D eigenvalue weighted by Gasteiger charge is -2.08. The third kappa shape index (κ3) is 2.94. The maximum Gasteiger partial charge on any atom is 0.167 e. The largest absolute Gasteiger partial charge is 0.490 e. The number of halogens is 2. The van der Waals surface area contributed by atoms with Gasteiger partial charge in [-0.2, -0.15) is 0 Å². The molecule has 94 valence electrons. The third-order valence-electron chi connectivity index (χ3n) is 2.42. The molecule has 2 rings (SSSR count). The van der Waals surface area contributed by atoms with Gasteiger partial charge in [0.1, 0.15) is 5.82 Å². The van der Waals surface area contributed by atoms with Crippen molar-refractivity contribution in [3.63, 3.8) is 0 Å². The van der Waals surface area contributed by atoms with Crippen LogP contribution >= 0.6 is 0 Å². The maximum atomic E-state index is 13.4. The number of nitrogens with zero attached hydrogens (tertiary/aromatic N) is 1. The second kappa shape index (κ2) is 5.44. The van der Waals surface area contributed by atoms with E-state index in [4.69, 9.17) is 10.5 Å². The lowest BCUT2D eigenvalue weighted by molar-refractivity contribution is 0.303. The topological polar surface area (TPSA) is 48.1 Å². The van der Waals surface area contributed by atoms with Crippen LogP contribution in [0.5, 0.6) is 5.75 Å². The average Bonchev–Trinajstić information content (AvgIpc) is 2.37. The number of hydrogen-bond acceptors (Lipinski definition) is 3. The Bertz CT molecular complexity index is 532. The van der Waals surface area contributed by atoms with Crippen LogP contribution < -0.4 is 10.5 Å². The first-order valence-corrected chi connectivity index (χ1v) is 5.43. The Morgan fingerprint density at radius 2 is 2.06 bits per heavy atom. The van der Waals surface area contributed by atoms with E-state index >= 15 is 0 Å². The Balaban J connectivity index is 1.97. The Morgan fingerprint density at radius 1 is 1.22 bits per heavy atom. The van der Waals surface area contributed by atoms with E-state index in [1.54, 1.807) is 18.5 Å². The number of ether oxygens (including phenoxy) is 1. The van der Waals surface area contributed by atoms with Crippen molar-refractivity contribution in [3.8, 4) is 5.75 Å². The molecule has 0 unspecified atom stereocenters. The van der Waals surface area contributed by atoms with Crippen LogP contribution in [0.15, 0.2) is 36.7 Å². The Morgan fingerprint density at radius 3 is 2.78 bits per heavy atom. The molecule has 1 aromatic heterocycles. The van der Waals surface area contributed by atoms with Gasteiger partial charge in [-0.3, -0.25) is 4.98 Å². The first-order chi connectivity index (χ1) is 8.66. The minimum Gasteiger partial charge on any atom is -0.490 e. The summed E-state index contributed by atoms with van der Waals surface area (Å²) in [5, 5.41) is 0. The van der Waals surface area contributed by atoms with Crippen molar-refractivity contribution in [2.75, 3.05) is 12.3 Å². The summed E-state index contributed by atoms with van der Waals surface area (Å²) in [5.41, 5.74) is 5.97. The molecule has 18 heavy (non-hydrogen) atoms. The van der Waals surface area contributed by atoms with Crippen molar-refractivity contribution in [2.45, 2.75) is 6.42 Å². The third-order valence-corrected chi connectivity index (χ3v) is 2.42. The first-order valence-electron chi connectivity index (χ1n) is 5.43. The van der Waals surface area contributed by atoms with Gasteiger partial charge >= 0.3 is 0 Å². The average molecular weight is 250 g/mol. The zero-order chi connectivity index (χ0) is 13.0. The Labute approximate surface area is 103 Å². The molecule has 2 aromatic rings. The van der Waals surface area contributed by atoms with Crippen molar-refractivity contribution < 1.29 is 13.5 Å². The van der Waals surface area contributed by atoms with Gasteiger partial charge in [0.05, 0.1) is 12.3 Å². The molecular weight excluding hydrogens is 238 g/mol. The van der Waals surface area contributed by atoms with E-state index in [2.05, 4.69) is 4.98 Å². The molecule has 0 radical (unpaired) electrons. The minimum atomic E-state index is -0.687. The summed E-state index contributed by atoms with van der Waals surface area (Å²) in [6.07, 6.45) is 3.93. The van der Waals surface area contributed by atoms with E-state index in [1.165, 1.54) is 0 Å². The highest BCUT2D eigenvalue weighted by Crippen LogP contribution is 2.22. The molecule has 0 bridgehead atoms. The molecule has 1 aromatic carbocycles. The number of aromatic nitrogens is 1. The van der Waals surface area contributed by atoms with E-state index in [0.717, 1.165) is 17.7 Å². The minimum absolute atomic E-state index is 0.134. The molecule has 0 aliphatic heterocycles. The summed E-state index contributed by atoms with van der Waals surface area (Å²) in [5.74, 6) is -1.49. The second-order valence-electron chi connectivity index (χ2n) is 3.76. The van der Waals surface area contributed by atoms with Gasteiger partial charge in [-0.05, 0) is 11.6 Å². The summed E-state index contributed by atoms with van der Waals surface area (Å²) >= 11 is 0. The zero-order valence-corrected chi connectivity index (χ0v) is 9.57. The normalized spacial score (nSPS) is 10.3. The van der Waals surface area contributed by atoms with Gasteiger partial charge in [-0.15, -0.1) is 0 Å². The van der Waals surface area contributed by atoms with Crippen LogP contribution in [0, 0.1) is 11.6 Å². The smallest absolute Gasteiger partial charge is 0.167 e. The molecule has 0 aliphatic rings. The van der Waals surface area contributed by atoms with Crippen LogP contribution in [0.25, 0.3) is 0 Å². The number of pyridine rings is 1. The molecule has 5 heteroatoms. The van der Waals surface area contributed by atoms with Gasteiger partial charge in [0.25, 0.3) is 0 Å². The van der Waals surface area contributed by atoms with Gasteiger partial charge in [0, 0.05) is 30.9 Å². The molecule has 0 aliphatic carbocycles. The number of hydrogen-bond donors (Lipinski definition) is 1. The number of nitrogen functional groups attached to an aromatic ring is 1. The number of rotatable bonds is 4. The van der Waals surface area contributed by atoms with Crippen LogP contribution in [-0.2, 0) is 6.42 Å². The van der Waals surface area contributed by atoms with Crippen LogP contribution in [0.4, 0.5) is 14.5 Å². The molecule has 0 saturated heterocycles. The van der Waals surface area contributed by atoms with Crippen molar-refractivity contribution in [1.82, 2.24) is 4.98 Å². The van der Waals surface area contributed by atoms with E-state index in [-0.39, 0.29) is 18.0 Å². The summed E-state index contributed by atoms with van der Waals surface area (Å²) in [4.78, 5) is 3.95. The molecule has 3 nitrogen and oxygen atoms in total.